The highest BCUT2D eigenvalue weighted by molar-refractivity contribution is 5.84. The Morgan fingerprint density at radius 3 is 2.85 bits per heavy atom. The SMILES string of the molecule is CC(C)c1nc(NCc2ccc(C(=O)O)o2)cc(=O)[nH]1. The number of rotatable bonds is 5. The van der Waals surface area contributed by atoms with Crippen molar-refractivity contribution in [3.05, 3.63) is 45.9 Å². The molecule has 2 aromatic rings. The first-order valence-electron chi connectivity index (χ1n) is 6.13. The van der Waals surface area contributed by atoms with Crippen LogP contribution in [0.25, 0.3) is 0 Å². The molecule has 0 aliphatic carbocycles. The normalized spacial score (nSPS) is 10.8. The minimum Gasteiger partial charge on any atom is -0.475 e. The van der Waals surface area contributed by atoms with Crippen molar-refractivity contribution in [1.29, 1.82) is 0 Å². The maximum Gasteiger partial charge on any atom is 0.371 e. The Labute approximate surface area is 114 Å². The first kappa shape index (κ1) is 13.9. The van der Waals surface area contributed by atoms with Gasteiger partial charge in [-0.25, -0.2) is 9.78 Å². The van der Waals surface area contributed by atoms with E-state index in [2.05, 4.69) is 15.3 Å². The lowest BCUT2D eigenvalue weighted by Crippen LogP contribution is -2.14. The molecule has 0 spiro atoms. The van der Waals surface area contributed by atoms with Gasteiger partial charge >= 0.3 is 5.97 Å². The molecule has 3 N–H and O–H groups in total. The van der Waals surface area contributed by atoms with E-state index >= 15 is 0 Å². The molecule has 0 amide bonds. The molecule has 0 aromatic carbocycles. The number of hydrogen-bond acceptors (Lipinski definition) is 5. The second-order valence-corrected chi connectivity index (χ2v) is 4.60. The zero-order valence-electron chi connectivity index (χ0n) is 11.1. The van der Waals surface area contributed by atoms with E-state index in [1.807, 2.05) is 13.8 Å². The summed E-state index contributed by atoms with van der Waals surface area (Å²) in [5.74, 6) is 0.329. The van der Waals surface area contributed by atoms with Gasteiger partial charge in [0.15, 0.2) is 0 Å². The molecule has 0 saturated carbocycles. The molecule has 7 nitrogen and oxygen atoms in total. The van der Waals surface area contributed by atoms with E-state index < -0.39 is 5.97 Å². The topological polar surface area (TPSA) is 108 Å². The predicted octanol–water partition coefficient (Wildman–Crippen LogP) is 1.80. The average Bonchev–Trinajstić information content (AvgIpc) is 2.84. The molecule has 106 valence electrons. The molecule has 0 saturated heterocycles. The summed E-state index contributed by atoms with van der Waals surface area (Å²) in [6.07, 6.45) is 0. The lowest BCUT2D eigenvalue weighted by Gasteiger charge is -2.07. The molecule has 0 bridgehead atoms. The fourth-order valence-corrected chi connectivity index (χ4v) is 1.61. The highest BCUT2D eigenvalue weighted by atomic mass is 16.4. The number of carboxylic acid groups (broad SMARTS) is 1. The molecule has 2 heterocycles. The molecular formula is C13H15N3O4. The molecule has 0 radical (unpaired) electrons. The number of aromatic nitrogens is 2. The van der Waals surface area contributed by atoms with Crippen LogP contribution in [0.2, 0.25) is 0 Å². The van der Waals surface area contributed by atoms with Crippen LogP contribution in [-0.2, 0) is 6.54 Å². The van der Waals surface area contributed by atoms with E-state index in [0.717, 1.165) is 0 Å². The van der Waals surface area contributed by atoms with Crippen LogP contribution in [0, 0.1) is 0 Å². The minimum absolute atomic E-state index is 0.103. The van der Waals surface area contributed by atoms with Gasteiger partial charge < -0.3 is 19.8 Å². The summed E-state index contributed by atoms with van der Waals surface area (Å²) >= 11 is 0. The van der Waals surface area contributed by atoms with Crippen LogP contribution in [0.3, 0.4) is 0 Å². The minimum atomic E-state index is -1.12. The molecule has 0 unspecified atom stereocenters. The summed E-state index contributed by atoms with van der Waals surface area (Å²) in [5.41, 5.74) is -0.239. The Balaban J connectivity index is 2.10. The van der Waals surface area contributed by atoms with Crippen molar-refractivity contribution in [2.45, 2.75) is 26.3 Å². The summed E-state index contributed by atoms with van der Waals surface area (Å²) in [6.45, 7) is 4.10. The number of anilines is 1. The third-order valence-electron chi connectivity index (χ3n) is 2.62. The van der Waals surface area contributed by atoms with Gasteiger partial charge in [0, 0.05) is 12.0 Å². The lowest BCUT2D eigenvalue weighted by atomic mass is 10.2. The Morgan fingerprint density at radius 1 is 1.50 bits per heavy atom. The third kappa shape index (κ3) is 3.25. The third-order valence-corrected chi connectivity index (χ3v) is 2.62. The van der Waals surface area contributed by atoms with Gasteiger partial charge in [-0.1, -0.05) is 13.8 Å². The number of furan rings is 1. The predicted molar refractivity (Wildman–Crippen MR) is 71.9 cm³/mol. The van der Waals surface area contributed by atoms with Crippen LogP contribution in [0.4, 0.5) is 5.82 Å². The van der Waals surface area contributed by atoms with Crippen LogP contribution in [-0.4, -0.2) is 21.0 Å². The largest absolute Gasteiger partial charge is 0.475 e. The van der Waals surface area contributed by atoms with Gasteiger partial charge in [0.2, 0.25) is 5.76 Å². The fraction of sp³-hybridized carbons (Fsp3) is 0.308. The summed E-state index contributed by atoms with van der Waals surface area (Å²) in [7, 11) is 0. The zero-order valence-corrected chi connectivity index (χ0v) is 11.1. The quantitative estimate of drug-likeness (QED) is 0.769. The van der Waals surface area contributed by atoms with Gasteiger partial charge in [0.1, 0.15) is 17.4 Å². The van der Waals surface area contributed by atoms with Crippen LogP contribution < -0.4 is 10.9 Å². The molecule has 7 heteroatoms. The van der Waals surface area contributed by atoms with Crippen molar-refractivity contribution in [2.24, 2.45) is 0 Å². The zero-order chi connectivity index (χ0) is 14.7. The summed E-state index contributed by atoms with van der Waals surface area (Å²) in [5, 5.41) is 11.7. The van der Waals surface area contributed by atoms with E-state index in [0.29, 0.717) is 17.4 Å². The monoisotopic (exact) mass is 277 g/mol. The summed E-state index contributed by atoms with van der Waals surface area (Å²) in [4.78, 5) is 29.1. The summed E-state index contributed by atoms with van der Waals surface area (Å²) < 4.78 is 5.10. The Hall–Kier alpha value is -2.57. The highest BCUT2D eigenvalue weighted by Gasteiger charge is 2.09. The maximum absolute atomic E-state index is 11.5. The number of nitrogens with one attached hydrogen (secondary N) is 2. The van der Waals surface area contributed by atoms with Crippen molar-refractivity contribution in [2.75, 3.05) is 5.32 Å². The second-order valence-electron chi connectivity index (χ2n) is 4.60. The molecule has 2 rings (SSSR count). The number of hydrogen-bond donors (Lipinski definition) is 3. The number of aromatic amines is 1. The van der Waals surface area contributed by atoms with Crippen molar-refractivity contribution >= 4 is 11.8 Å². The van der Waals surface area contributed by atoms with Crippen molar-refractivity contribution in [3.63, 3.8) is 0 Å². The summed E-state index contributed by atoms with van der Waals surface area (Å²) in [6, 6.07) is 4.28. The van der Waals surface area contributed by atoms with Gasteiger partial charge in [0.25, 0.3) is 5.56 Å². The number of aromatic carboxylic acids is 1. The Kier molecular flexibility index (Phi) is 3.88. The second kappa shape index (κ2) is 5.60. The van der Waals surface area contributed by atoms with Gasteiger partial charge in [-0.2, -0.15) is 0 Å². The van der Waals surface area contributed by atoms with Gasteiger partial charge in [0.05, 0.1) is 6.54 Å². The van der Waals surface area contributed by atoms with Gasteiger partial charge in [-0.05, 0) is 12.1 Å². The smallest absolute Gasteiger partial charge is 0.371 e. The average molecular weight is 277 g/mol. The first-order valence-corrected chi connectivity index (χ1v) is 6.13. The number of nitrogens with zero attached hydrogens (tertiary/aromatic N) is 1. The van der Waals surface area contributed by atoms with Crippen molar-refractivity contribution in [3.8, 4) is 0 Å². The van der Waals surface area contributed by atoms with Crippen LogP contribution in [0.5, 0.6) is 0 Å². The van der Waals surface area contributed by atoms with Crippen LogP contribution in [0.1, 0.15) is 41.9 Å². The molecule has 0 atom stereocenters. The fourth-order valence-electron chi connectivity index (χ4n) is 1.61. The molecule has 20 heavy (non-hydrogen) atoms. The van der Waals surface area contributed by atoms with Crippen LogP contribution in [0.15, 0.2) is 27.4 Å². The lowest BCUT2D eigenvalue weighted by molar-refractivity contribution is 0.0660. The standard InChI is InChI=1S/C13H15N3O4/c1-7(2)12-15-10(5-11(17)16-12)14-6-8-3-4-9(20-8)13(18)19/h3-5,7H,6H2,1-2H3,(H,18,19)(H2,14,15,16,17). The first-order chi connectivity index (χ1) is 9.45. The number of H-pyrrole nitrogens is 1. The van der Waals surface area contributed by atoms with Crippen molar-refractivity contribution < 1.29 is 14.3 Å². The van der Waals surface area contributed by atoms with Crippen molar-refractivity contribution in [1.82, 2.24) is 9.97 Å². The molecule has 2 aromatic heterocycles. The Bertz CT molecular complexity index is 672. The van der Waals surface area contributed by atoms with Crippen LogP contribution >= 0.6 is 0 Å². The maximum atomic E-state index is 11.5. The molecule has 0 aliphatic heterocycles. The number of carbonyl (C=O) groups is 1. The number of carboxylic acids is 1. The van der Waals surface area contributed by atoms with E-state index in [1.165, 1.54) is 12.1 Å². The van der Waals surface area contributed by atoms with E-state index in [9.17, 15) is 9.59 Å². The molecular weight excluding hydrogens is 262 g/mol. The van der Waals surface area contributed by atoms with E-state index in [1.54, 1.807) is 6.07 Å². The Morgan fingerprint density at radius 2 is 2.25 bits per heavy atom. The van der Waals surface area contributed by atoms with Gasteiger partial charge in [-0.3, -0.25) is 4.79 Å². The van der Waals surface area contributed by atoms with E-state index in [4.69, 9.17) is 9.52 Å². The molecule has 0 fully saturated rings. The molecule has 0 aliphatic rings. The van der Waals surface area contributed by atoms with E-state index in [-0.39, 0.29) is 23.8 Å². The highest BCUT2D eigenvalue weighted by Crippen LogP contribution is 2.12. The van der Waals surface area contributed by atoms with Gasteiger partial charge in [-0.15, -0.1) is 0 Å².